The Morgan fingerprint density at radius 2 is 2.00 bits per heavy atom. The Morgan fingerprint density at radius 1 is 1.29 bits per heavy atom. The van der Waals surface area contributed by atoms with Crippen LogP contribution >= 0.6 is 11.6 Å². The van der Waals surface area contributed by atoms with E-state index in [2.05, 4.69) is 27.7 Å². The maximum atomic E-state index is 13.1. The highest BCUT2D eigenvalue weighted by Crippen LogP contribution is 2.32. The summed E-state index contributed by atoms with van der Waals surface area (Å²) in [5, 5.41) is 5.32. The van der Waals surface area contributed by atoms with Crippen LogP contribution in [0.15, 0.2) is 30.5 Å². The Labute approximate surface area is 148 Å². The third kappa shape index (κ3) is 3.20. The Morgan fingerprint density at radius 3 is 2.58 bits per heavy atom. The van der Waals surface area contributed by atoms with Crippen molar-refractivity contribution >= 4 is 17.5 Å². The normalized spacial score (nSPS) is 18.2. The van der Waals surface area contributed by atoms with Crippen LogP contribution in [0.5, 0.6) is 0 Å². The smallest absolute Gasteiger partial charge is 0.257 e. The van der Waals surface area contributed by atoms with Gasteiger partial charge < -0.3 is 4.90 Å². The lowest BCUT2D eigenvalue weighted by Gasteiger charge is -2.19. The number of carbonyl (C=O) groups excluding carboxylic acids is 1. The molecular weight excluding hydrogens is 322 g/mol. The Balaban J connectivity index is 2.09. The van der Waals surface area contributed by atoms with E-state index in [-0.39, 0.29) is 11.4 Å². The van der Waals surface area contributed by atoms with E-state index in [1.54, 1.807) is 0 Å². The summed E-state index contributed by atoms with van der Waals surface area (Å²) < 4.78 is 1.86. The molecule has 1 unspecified atom stereocenters. The molecule has 0 spiro atoms. The van der Waals surface area contributed by atoms with Crippen molar-refractivity contribution in [1.82, 2.24) is 14.7 Å². The van der Waals surface area contributed by atoms with Gasteiger partial charge in [-0.2, -0.15) is 5.10 Å². The summed E-state index contributed by atoms with van der Waals surface area (Å²) in [6.45, 7) is 10.0. The van der Waals surface area contributed by atoms with Crippen LogP contribution in [-0.2, 0) is 5.54 Å². The van der Waals surface area contributed by atoms with Crippen LogP contribution in [0.4, 0.5) is 0 Å². The summed E-state index contributed by atoms with van der Waals surface area (Å²) in [6, 6.07) is 7.56. The first-order chi connectivity index (χ1) is 11.3. The second-order valence-corrected chi connectivity index (χ2v) is 8.04. The fourth-order valence-electron chi connectivity index (χ4n) is 3.02. The minimum absolute atomic E-state index is 0.0461. The van der Waals surface area contributed by atoms with Crippen molar-refractivity contribution in [2.24, 2.45) is 5.92 Å². The van der Waals surface area contributed by atoms with E-state index in [0.29, 0.717) is 22.2 Å². The van der Waals surface area contributed by atoms with Crippen LogP contribution < -0.4 is 0 Å². The van der Waals surface area contributed by atoms with Crippen LogP contribution in [0.1, 0.15) is 44.5 Å². The number of halogens is 1. The van der Waals surface area contributed by atoms with Crippen molar-refractivity contribution in [2.45, 2.75) is 39.7 Å². The zero-order valence-electron chi connectivity index (χ0n) is 14.7. The number of aromatic nitrogens is 2. The molecular formula is C19H24ClN3O. The topological polar surface area (TPSA) is 38.1 Å². The van der Waals surface area contributed by atoms with Crippen molar-refractivity contribution in [2.75, 3.05) is 13.1 Å². The average Bonchev–Trinajstić information content (AvgIpc) is 3.13. The highest BCUT2D eigenvalue weighted by Gasteiger charge is 2.30. The van der Waals surface area contributed by atoms with E-state index in [1.807, 2.05) is 40.0 Å². The molecule has 1 saturated heterocycles. The van der Waals surface area contributed by atoms with E-state index in [1.165, 1.54) is 0 Å². The third-order valence-electron chi connectivity index (χ3n) is 4.47. The van der Waals surface area contributed by atoms with Crippen LogP contribution in [0.25, 0.3) is 11.3 Å². The molecule has 1 amide bonds. The van der Waals surface area contributed by atoms with Crippen LogP contribution in [0.3, 0.4) is 0 Å². The van der Waals surface area contributed by atoms with Crippen LogP contribution in [0, 0.1) is 5.92 Å². The fraction of sp³-hybridized carbons (Fsp3) is 0.474. The standard InChI is InChI=1S/C19H24ClN3O/c1-13-9-10-22(11-13)18(24)15-12-23(19(2,3)4)21-17(15)14-7-5-6-8-16(14)20/h5-8,12-13H,9-11H2,1-4H3. The number of likely N-dealkylation sites (tertiary alicyclic amines) is 1. The number of hydrogen-bond donors (Lipinski definition) is 0. The van der Waals surface area contributed by atoms with Gasteiger partial charge >= 0.3 is 0 Å². The first kappa shape index (κ1) is 17.0. The number of rotatable bonds is 2. The van der Waals surface area contributed by atoms with Crippen molar-refractivity contribution in [3.8, 4) is 11.3 Å². The highest BCUT2D eigenvalue weighted by molar-refractivity contribution is 6.33. The molecule has 1 aliphatic rings. The van der Waals surface area contributed by atoms with Crippen molar-refractivity contribution < 1.29 is 4.79 Å². The molecule has 0 N–H and O–H groups in total. The molecule has 1 aliphatic heterocycles. The number of amides is 1. The average molecular weight is 346 g/mol. The minimum Gasteiger partial charge on any atom is -0.338 e. The van der Waals surface area contributed by atoms with Gasteiger partial charge in [0.2, 0.25) is 0 Å². The first-order valence-corrected chi connectivity index (χ1v) is 8.79. The molecule has 1 atom stereocenters. The second kappa shape index (κ2) is 6.25. The van der Waals surface area contributed by atoms with Gasteiger partial charge in [0.25, 0.3) is 5.91 Å². The van der Waals surface area contributed by atoms with E-state index in [0.717, 1.165) is 25.1 Å². The fourth-order valence-corrected chi connectivity index (χ4v) is 3.24. The van der Waals surface area contributed by atoms with Gasteiger partial charge in [0.15, 0.2) is 0 Å². The summed E-state index contributed by atoms with van der Waals surface area (Å²) in [5.41, 5.74) is 1.90. The van der Waals surface area contributed by atoms with Gasteiger partial charge in [0, 0.05) is 24.8 Å². The maximum Gasteiger partial charge on any atom is 0.257 e. The Bertz CT molecular complexity index is 760. The number of carbonyl (C=O) groups is 1. The molecule has 3 rings (SSSR count). The zero-order chi connectivity index (χ0) is 17.5. The lowest BCUT2D eigenvalue weighted by Crippen LogP contribution is -2.28. The van der Waals surface area contributed by atoms with Gasteiger partial charge in [-0.25, -0.2) is 0 Å². The van der Waals surface area contributed by atoms with Crippen molar-refractivity contribution in [1.29, 1.82) is 0 Å². The maximum absolute atomic E-state index is 13.1. The quantitative estimate of drug-likeness (QED) is 0.807. The molecule has 0 saturated carbocycles. The molecule has 2 aromatic rings. The van der Waals surface area contributed by atoms with E-state index in [9.17, 15) is 4.79 Å². The summed E-state index contributed by atoms with van der Waals surface area (Å²) in [5.74, 6) is 0.597. The van der Waals surface area contributed by atoms with Crippen molar-refractivity contribution in [3.05, 3.63) is 41.0 Å². The lowest BCUT2D eigenvalue weighted by molar-refractivity contribution is 0.0788. The molecule has 128 valence electrons. The van der Waals surface area contributed by atoms with Crippen molar-refractivity contribution in [3.63, 3.8) is 0 Å². The molecule has 4 nitrogen and oxygen atoms in total. The van der Waals surface area contributed by atoms with Gasteiger partial charge in [0.05, 0.1) is 16.1 Å². The molecule has 1 aromatic heterocycles. The van der Waals surface area contributed by atoms with Gasteiger partial charge in [0.1, 0.15) is 5.69 Å². The molecule has 0 radical (unpaired) electrons. The molecule has 2 heterocycles. The number of hydrogen-bond acceptors (Lipinski definition) is 2. The summed E-state index contributed by atoms with van der Waals surface area (Å²) in [7, 11) is 0. The zero-order valence-corrected chi connectivity index (χ0v) is 15.5. The molecule has 0 aliphatic carbocycles. The van der Waals surface area contributed by atoms with E-state index < -0.39 is 0 Å². The largest absolute Gasteiger partial charge is 0.338 e. The Hall–Kier alpha value is -1.81. The predicted molar refractivity (Wildman–Crippen MR) is 97.4 cm³/mol. The van der Waals surface area contributed by atoms with E-state index in [4.69, 9.17) is 16.7 Å². The highest BCUT2D eigenvalue weighted by atomic mass is 35.5. The molecule has 1 aromatic carbocycles. The van der Waals surface area contributed by atoms with E-state index >= 15 is 0 Å². The summed E-state index contributed by atoms with van der Waals surface area (Å²) in [4.78, 5) is 15.0. The molecule has 5 heteroatoms. The van der Waals surface area contributed by atoms with Gasteiger partial charge in [-0.05, 0) is 39.2 Å². The minimum atomic E-state index is -0.202. The number of nitrogens with zero attached hydrogens (tertiary/aromatic N) is 3. The van der Waals surface area contributed by atoms with Gasteiger partial charge in [-0.15, -0.1) is 0 Å². The third-order valence-corrected chi connectivity index (χ3v) is 4.80. The monoisotopic (exact) mass is 345 g/mol. The Kier molecular flexibility index (Phi) is 4.43. The molecule has 1 fully saturated rings. The second-order valence-electron chi connectivity index (χ2n) is 7.63. The van der Waals surface area contributed by atoms with Crippen LogP contribution in [0.2, 0.25) is 5.02 Å². The number of benzene rings is 1. The lowest BCUT2D eigenvalue weighted by atomic mass is 10.1. The van der Waals surface area contributed by atoms with Gasteiger partial charge in [-0.3, -0.25) is 9.48 Å². The predicted octanol–water partition coefficient (Wildman–Crippen LogP) is 4.44. The summed E-state index contributed by atoms with van der Waals surface area (Å²) in [6.07, 6.45) is 2.92. The SMILES string of the molecule is CC1CCN(C(=O)c2cn(C(C)(C)C)nc2-c2ccccc2Cl)C1. The molecule has 0 bridgehead atoms. The van der Waals surface area contributed by atoms with Crippen LogP contribution in [-0.4, -0.2) is 33.7 Å². The first-order valence-electron chi connectivity index (χ1n) is 8.41. The summed E-state index contributed by atoms with van der Waals surface area (Å²) >= 11 is 6.37. The van der Waals surface area contributed by atoms with Gasteiger partial charge in [-0.1, -0.05) is 36.7 Å². The molecule has 24 heavy (non-hydrogen) atoms.